The maximum absolute atomic E-state index is 13.2. The summed E-state index contributed by atoms with van der Waals surface area (Å²) in [6.07, 6.45) is 61.2. The van der Waals surface area contributed by atoms with Gasteiger partial charge in [-0.3, -0.25) is 14.4 Å². The molecule has 1 heterocycles. The molecular weight excluding hydrogens is 1020 g/mol. The van der Waals surface area contributed by atoms with Crippen LogP contribution in [0.2, 0.25) is 0 Å². The Morgan fingerprint density at radius 2 is 0.790 bits per heavy atom. The van der Waals surface area contributed by atoms with E-state index >= 15 is 0 Å². The molecule has 1 aliphatic heterocycles. The summed E-state index contributed by atoms with van der Waals surface area (Å²) in [7, 11) is 0. The largest absolute Gasteiger partial charge is 0.479 e. The number of aliphatic hydroxyl groups excluding tert-OH is 2. The second-order valence-corrected chi connectivity index (χ2v) is 22.0. The van der Waals surface area contributed by atoms with E-state index in [4.69, 9.17) is 23.7 Å². The molecular formula is C69H116O12. The van der Waals surface area contributed by atoms with Crippen molar-refractivity contribution in [2.45, 2.75) is 314 Å². The minimum absolute atomic E-state index is 0.0194. The van der Waals surface area contributed by atoms with Crippen molar-refractivity contribution in [2.24, 2.45) is 0 Å². The SMILES string of the molecule is CC/C=C\C/C=C\C/C=C\C/C=C\C/C=C\CCCC(=O)OC1C(OCC(COC(=O)CCCCCCCCCCC/C=C\C/C=C\CCCCC)OC(=O)CCCCCCCCCCCCCCCCC)OC(C(=O)O)C(O)C1O. The number of aliphatic hydroxyl groups is 2. The van der Waals surface area contributed by atoms with Crippen LogP contribution in [-0.4, -0.2) is 89.2 Å². The summed E-state index contributed by atoms with van der Waals surface area (Å²) in [6, 6.07) is 0. The Bertz CT molecular complexity index is 1730. The molecule has 1 fully saturated rings. The molecule has 1 rings (SSSR count). The third-order valence-electron chi connectivity index (χ3n) is 14.5. The molecule has 1 saturated heterocycles. The summed E-state index contributed by atoms with van der Waals surface area (Å²) in [5.41, 5.74) is 0. The molecule has 464 valence electrons. The Labute approximate surface area is 492 Å². The molecule has 6 atom stereocenters. The van der Waals surface area contributed by atoms with E-state index in [9.17, 15) is 34.5 Å². The Kier molecular flexibility index (Phi) is 52.1. The molecule has 3 N–H and O–H groups in total. The first-order valence-corrected chi connectivity index (χ1v) is 32.6. The van der Waals surface area contributed by atoms with E-state index in [1.54, 1.807) is 0 Å². The monoisotopic (exact) mass is 1140 g/mol. The van der Waals surface area contributed by atoms with E-state index in [0.29, 0.717) is 25.7 Å². The van der Waals surface area contributed by atoms with Gasteiger partial charge in [-0.25, -0.2) is 4.79 Å². The molecule has 0 amide bonds. The number of ether oxygens (including phenoxy) is 5. The number of allylic oxidation sites excluding steroid dienone is 14. The van der Waals surface area contributed by atoms with Crippen LogP contribution in [0.25, 0.3) is 0 Å². The van der Waals surface area contributed by atoms with Gasteiger partial charge < -0.3 is 39.0 Å². The summed E-state index contributed by atoms with van der Waals surface area (Å²) < 4.78 is 28.5. The van der Waals surface area contributed by atoms with E-state index in [0.717, 1.165) is 83.5 Å². The summed E-state index contributed by atoms with van der Waals surface area (Å²) in [5, 5.41) is 31.6. The fourth-order valence-corrected chi connectivity index (χ4v) is 9.49. The lowest BCUT2D eigenvalue weighted by Gasteiger charge is -2.40. The van der Waals surface area contributed by atoms with E-state index < -0.39 is 67.3 Å². The predicted octanol–water partition coefficient (Wildman–Crippen LogP) is 17.5. The highest BCUT2D eigenvalue weighted by molar-refractivity contribution is 5.74. The van der Waals surface area contributed by atoms with Crippen LogP contribution in [0.5, 0.6) is 0 Å². The van der Waals surface area contributed by atoms with E-state index in [-0.39, 0.29) is 25.9 Å². The van der Waals surface area contributed by atoms with Gasteiger partial charge in [0.2, 0.25) is 0 Å². The van der Waals surface area contributed by atoms with Crippen molar-refractivity contribution in [2.75, 3.05) is 13.2 Å². The number of unbranched alkanes of at least 4 members (excludes halogenated alkanes) is 27. The lowest BCUT2D eigenvalue weighted by Crippen LogP contribution is -2.61. The minimum atomic E-state index is -1.92. The fraction of sp³-hybridized carbons (Fsp3) is 0.739. The molecule has 81 heavy (non-hydrogen) atoms. The zero-order valence-electron chi connectivity index (χ0n) is 51.3. The van der Waals surface area contributed by atoms with Crippen molar-refractivity contribution in [3.05, 3.63) is 85.1 Å². The maximum atomic E-state index is 13.2. The molecule has 1 aliphatic rings. The normalized spacial score (nSPS) is 18.3. The highest BCUT2D eigenvalue weighted by Crippen LogP contribution is 2.26. The van der Waals surface area contributed by atoms with Crippen molar-refractivity contribution in [3.63, 3.8) is 0 Å². The minimum Gasteiger partial charge on any atom is -0.479 e. The molecule has 0 spiro atoms. The number of carboxylic acid groups (broad SMARTS) is 1. The molecule has 0 saturated carbocycles. The zero-order chi connectivity index (χ0) is 58.9. The Morgan fingerprint density at radius 3 is 1.25 bits per heavy atom. The first-order chi connectivity index (χ1) is 39.6. The number of aliphatic carboxylic acids is 1. The fourth-order valence-electron chi connectivity index (χ4n) is 9.49. The highest BCUT2D eigenvalue weighted by atomic mass is 16.7. The molecule has 0 bridgehead atoms. The Hall–Kier alpha value is -4.10. The second kappa shape index (κ2) is 56.4. The van der Waals surface area contributed by atoms with Gasteiger partial charge in [0, 0.05) is 19.3 Å². The molecule has 12 nitrogen and oxygen atoms in total. The van der Waals surface area contributed by atoms with Crippen LogP contribution >= 0.6 is 0 Å². The van der Waals surface area contributed by atoms with Crippen molar-refractivity contribution >= 4 is 23.9 Å². The van der Waals surface area contributed by atoms with Crippen LogP contribution in [0, 0.1) is 0 Å². The number of esters is 3. The molecule has 12 heteroatoms. The quantitative estimate of drug-likeness (QED) is 0.0228. The summed E-state index contributed by atoms with van der Waals surface area (Å²) in [6.45, 7) is 5.86. The number of carbonyl (C=O) groups excluding carboxylic acids is 3. The Balaban J connectivity index is 2.68. The Morgan fingerprint density at radius 1 is 0.420 bits per heavy atom. The second-order valence-electron chi connectivity index (χ2n) is 22.0. The van der Waals surface area contributed by atoms with E-state index in [1.807, 2.05) is 12.2 Å². The molecule has 0 aromatic heterocycles. The highest BCUT2D eigenvalue weighted by Gasteiger charge is 2.50. The van der Waals surface area contributed by atoms with Gasteiger partial charge in [-0.1, -0.05) is 254 Å². The standard InChI is InChI=1S/C69H116O12/c1-4-7-10-13-16-19-22-25-28-30-31-33-35-37-40-43-46-49-52-55-61(70)77-58-60(79-62(71)56-53-50-47-44-41-38-34-27-24-21-18-15-12-9-6-3)59-78-69-67(65(74)64(73)66(81-69)68(75)76)80-63(72)57-54-51-48-45-42-39-36-32-29-26-23-20-17-14-11-8-5-2/h8,11,16-17,19-20,25-26,28-29,36,39,45,48,60,64-67,69,73-74H,4-7,9-10,12-15,18,21-24,27,30-35,37-38,40-44,46-47,49-59H2,1-3H3,(H,75,76)/b11-8-,19-16-,20-17-,28-25-,29-26-,39-36-,48-45-. The van der Waals surface area contributed by atoms with Crippen LogP contribution in [0.1, 0.15) is 278 Å². The topological polar surface area (TPSA) is 175 Å². The number of hydrogen-bond acceptors (Lipinski definition) is 11. The average Bonchev–Trinajstić information content (AvgIpc) is 3.53. The van der Waals surface area contributed by atoms with Crippen LogP contribution < -0.4 is 0 Å². The summed E-state index contributed by atoms with van der Waals surface area (Å²) >= 11 is 0. The zero-order valence-corrected chi connectivity index (χ0v) is 51.3. The molecule has 0 radical (unpaired) electrons. The van der Waals surface area contributed by atoms with Crippen LogP contribution in [0.15, 0.2) is 85.1 Å². The van der Waals surface area contributed by atoms with Crippen molar-refractivity contribution < 1.29 is 58.2 Å². The maximum Gasteiger partial charge on any atom is 0.335 e. The van der Waals surface area contributed by atoms with Gasteiger partial charge in [0.15, 0.2) is 24.6 Å². The van der Waals surface area contributed by atoms with Gasteiger partial charge in [-0.15, -0.1) is 0 Å². The van der Waals surface area contributed by atoms with Crippen molar-refractivity contribution in [1.29, 1.82) is 0 Å². The van der Waals surface area contributed by atoms with Gasteiger partial charge in [-0.2, -0.15) is 0 Å². The first kappa shape index (κ1) is 74.9. The van der Waals surface area contributed by atoms with E-state index in [1.165, 1.54) is 128 Å². The van der Waals surface area contributed by atoms with Gasteiger partial charge >= 0.3 is 23.9 Å². The number of hydrogen-bond donors (Lipinski definition) is 3. The summed E-state index contributed by atoms with van der Waals surface area (Å²) in [5.74, 6) is -3.19. The van der Waals surface area contributed by atoms with Crippen LogP contribution in [0.4, 0.5) is 0 Å². The van der Waals surface area contributed by atoms with Gasteiger partial charge in [0.05, 0.1) is 6.61 Å². The van der Waals surface area contributed by atoms with Gasteiger partial charge in [0.1, 0.15) is 18.8 Å². The third kappa shape index (κ3) is 46.0. The van der Waals surface area contributed by atoms with Crippen LogP contribution in [-0.2, 0) is 42.9 Å². The van der Waals surface area contributed by atoms with Crippen molar-refractivity contribution in [3.8, 4) is 0 Å². The number of rotatable bonds is 55. The van der Waals surface area contributed by atoms with Crippen LogP contribution in [0.3, 0.4) is 0 Å². The number of carbonyl (C=O) groups is 4. The smallest absolute Gasteiger partial charge is 0.335 e. The van der Waals surface area contributed by atoms with Gasteiger partial charge in [-0.05, 0) is 89.9 Å². The third-order valence-corrected chi connectivity index (χ3v) is 14.5. The lowest BCUT2D eigenvalue weighted by atomic mass is 9.98. The first-order valence-electron chi connectivity index (χ1n) is 32.6. The molecule has 0 aromatic carbocycles. The van der Waals surface area contributed by atoms with Gasteiger partial charge in [0.25, 0.3) is 0 Å². The van der Waals surface area contributed by atoms with Crippen molar-refractivity contribution in [1.82, 2.24) is 0 Å². The predicted molar refractivity (Wildman–Crippen MR) is 331 cm³/mol. The number of carboxylic acids is 1. The average molecular weight is 1140 g/mol. The molecule has 0 aromatic rings. The summed E-state index contributed by atoms with van der Waals surface area (Å²) in [4.78, 5) is 51.3. The lowest BCUT2D eigenvalue weighted by molar-refractivity contribution is -0.301. The molecule has 0 aliphatic carbocycles. The van der Waals surface area contributed by atoms with E-state index in [2.05, 4.69) is 93.7 Å². The molecule has 6 unspecified atom stereocenters.